The molecule has 2 aliphatic carbocycles. The first-order valence-electron chi connectivity index (χ1n) is 17.3. The fourth-order valence-corrected chi connectivity index (χ4v) is 8.63. The number of dihydropyridines is 1. The Morgan fingerprint density at radius 1 is 0.400 bits per heavy atom. The second kappa shape index (κ2) is 10.5. The Morgan fingerprint density at radius 3 is 1.38 bits per heavy atom. The Balaban J connectivity index is 1.14. The number of pyridine rings is 1. The normalized spacial score (nSPS) is 13.5. The number of benzene rings is 7. The van der Waals surface area contributed by atoms with Crippen LogP contribution in [-0.4, -0.2) is 11.5 Å². The molecule has 0 atom stereocenters. The third-order valence-electron chi connectivity index (χ3n) is 10.9. The smallest absolute Gasteiger partial charge is 0.0679 e. The van der Waals surface area contributed by atoms with E-state index in [9.17, 15) is 0 Å². The summed E-state index contributed by atoms with van der Waals surface area (Å²) in [4.78, 5) is 4.60. The zero-order chi connectivity index (χ0) is 32.8. The number of hydrogen-bond donors (Lipinski definition) is 1. The van der Waals surface area contributed by atoms with Gasteiger partial charge in [-0.25, -0.2) is 0 Å². The Morgan fingerprint density at radius 2 is 0.880 bits per heavy atom. The van der Waals surface area contributed by atoms with E-state index in [4.69, 9.17) is 0 Å². The average molecular weight is 635 g/mol. The van der Waals surface area contributed by atoms with Gasteiger partial charge in [-0.15, -0.1) is 0 Å². The summed E-state index contributed by atoms with van der Waals surface area (Å²) in [6.45, 7) is 0.723. The fraction of sp³-hybridized carbons (Fsp3) is 0.0208. The van der Waals surface area contributed by atoms with E-state index in [-0.39, 0.29) is 0 Å². The molecule has 0 unspecified atom stereocenters. The van der Waals surface area contributed by atoms with Gasteiger partial charge < -0.3 is 5.32 Å². The molecule has 1 aromatic heterocycles. The number of fused-ring (bicyclic) bond motifs is 6. The van der Waals surface area contributed by atoms with Crippen LogP contribution in [0.25, 0.3) is 99.6 Å². The Hall–Kier alpha value is -6.51. The van der Waals surface area contributed by atoms with E-state index in [0.29, 0.717) is 0 Å². The summed E-state index contributed by atoms with van der Waals surface area (Å²) in [7, 11) is 0. The van der Waals surface area contributed by atoms with E-state index in [2.05, 4.69) is 156 Å². The number of allylic oxidation sites excluding steroid dienone is 2. The lowest BCUT2D eigenvalue weighted by Gasteiger charge is -2.20. The highest BCUT2D eigenvalue weighted by Crippen LogP contribution is 2.51. The van der Waals surface area contributed by atoms with Crippen molar-refractivity contribution in [3.63, 3.8) is 0 Å². The highest BCUT2D eigenvalue weighted by Gasteiger charge is 2.25. The molecule has 1 aliphatic heterocycles. The summed E-state index contributed by atoms with van der Waals surface area (Å²) in [6, 6.07) is 53.7. The Kier molecular flexibility index (Phi) is 5.76. The lowest BCUT2D eigenvalue weighted by molar-refractivity contribution is 1.000. The summed E-state index contributed by atoms with van der Waals surface area (Å²) >= 11 is 0. The van der Waals surface area contributed by atoms with Crippen molar-refractivity contribution >= 4 is 32.8 Å². The molecule has 2 heteroatoms. The third kappa shape index (κ3) is 3.93. The van der Waals surface area contributed by atoms with E-state index < -0.39 is 0 Å². The van der Waals surface area contributed by atoms with Crippen molar-refractivity contribution in [1.29, 1.82) is 0 Å². The largest absolute Gasteiger partial charge is 0.380 e. The van der Waals surface area contributed by atoms with Gasteiger partial charge in [0.25, 0.3) is 0 Å². The van der Waals surface area contributed by atoms with Crippen LogP contribution < -0.4 is 5.32 Å². The van der Waals surface area contributed by atoms with Gasteiger partial charge in [-0.3, -0.25) is 4.98 Å². The molecule has 2 nitrogen and oxygen atoms in total. The van der Waals surface area contributed by atoms with Gasteiger partial charge in [0.2, 0.25) is 0 Å². The maximum absolute atomic E-state index is 4.60. The van der Waals surface area contributed by atoms with E-state index >= 15 is 0 Å². The molecule has 0 saturated carbocycles. The van der Waals surface area contributed by atoms with Gasteiger partial charge in [0.15, 0.2) is 0 Å². The molecule has 2 heterocycles. The Labute approximate surface area is 290 Å². The van der Waals surface area contributed by atoms with Crippen molar-refractivity contribution in [2.24, 2.45) is 0 Å². The third-order valence-corrected chi connectivity index (χ3v) is 10.9. The summed E-state index contributed by atoms with van der Waals surface area (Å²) in [6.07, 6.45) is 6.29. The molecule has 232 valence electrons. The van der Waals surface area contributed by atoms with Gasteiger partial charge in [0, 0.05) is 18.4 Å². The van der Waals surface area contributed by atoms with E-state index in [0.717, 1.165) is 17.9 Å². The lowest BCUT2D eigenvalue weighted by Crippen LogP contribution is -2.18. The molecule has 0 radical (unpaired) electrons. The van der Waals surface area contributed by atoms with Crippen molar-refractivity contribution < 1.29 is 0 Å². The molecule has 0 spiro atoms. The minimum atomic E-state index is 0.723. The van der Waals surface area contributed by atoms with Crippen LogP contribution in [-0.2, 0) is 0 Å². The lowest BCUT2D eigenvalue weighted by atomic mass is 9.88. The standard InChI is InChI=1S/C48H30N2/c1-3-11-37-35(9-1)41-15-7-13-39-33(19-21-43(37)47(39)41)30-25-31(27-32(26-30)46-23-18-29(28-50-46)45-17-5-6-24-49-45)34-20-22-44-38-12-4-2-10-36(38)42-16-8-14-40(34)48(42)44/h1-27,50H,28H2. The second-order valence-electron chi connectivity index (χ2n) is 13.5. The number of nitrogens with zero attached hydrogens (tertiary/aromatic N) is 1. The minimum absolute atomic E-state index is 0.723. The molecule has 0 bridgehead atoms. The monoisotopic (exact) mass is 634 g/mol. The van der Waals surface area contributed by atoms with E-state index in [1.54, 1.807) is 0 Å². The zero-order valence-electron chi connectivity index (χ0n) is 27.2. The SMILES string of the molecule is C1=C(c2cc(-c3ccc4c5c(cccc35)-c3ccccc3-4)cc(-c3ccc4c5c(cccc35)-c3ccccc3-4)c2)NCC(c2ccccn2)=C1. The first kappa shape index (κ1) is 27.4. The first-order valence-corrected chi connectivity index (χ1v) is 17.3. The molecular formula is C48H30N2. The van der Waals surface area contributed by atoms with Gasteiger partial charge >= 0.3 is 0 Å². The minimum Gasteiger partial charge on any atom is -0.380 e. The van der Waals surface area contributed by atoms with Gasteiger partial charge in [-0.2, -0.15) is 0 Å². The molecule has 3 aliphatic rings. The highest BCUT2D eigenvalue weighted by molar-refractivity contribution is 6.20. The molecule has 0 amide bonds. The van der Waals surface area contributed by atoms with Crippen molar-refractivity contribution in [3.8, 4) is 66.8 Å². The van der Waals surface area contributed by atoms with Crippen LogP contribution in [0.2, 0.25) is 0 Å². The van der Waals surface area contributed by atoms with Crippen molar-refractivity contribution in [2.75, 3.05) is 6.54 Å². The number of rotatable bonds is 4. The maximum Gasteiger partial charge on any atom is 0.0679 e. The first-order chi connectivity index (χ1) is 24.8. The van der Waals surface area contributed by atoms with Crippen LogP contribution in [0, 0.1) is 0 Å². The van der Waals surface area contributed by atoms with Gasteiger partial charge in [-0.05, 0) is 136 Å². The summed E-state index contributed by atoms with van der Waals surface area (Å²) in [5.74, 6) is 0. The molecule has 7 aromatic carbocycles. The topological polar surface area (TPSA) is 24.9 Å². The maximum atomic E-state index is 4.60. The van der Waals surface area contributed by atoms with Crippen LogP contribution in [0.4, 0.5) is 0 Å². The predicted molar refractivity (Wildman–Crippen MR) is 209 cm³/mol. The van der Waals surface area contributed by atoms with Crippen LogP contribution in [0.5, 0.6) is 0 Å². The predicted octanol–water partition coefficient (Wildman–Crippen LogP) is 12.0. The van der Waals surface area contributed by atoms with Crippen molar-refractivity contribution in [3.05, 3.63) is 175 Å². The molecule has 8 aromatic rings. The summed E-state index contributed by atoms with van der Waals surface area (Å²) in [5.41, 5.74) is 20.0. The van der Waals surface area contributed by atoms with Gasteiger partial charge in [0.1, 0.15) is 0 Å². The molecule has 11 rings (SSSR count). The van der Waals surface area contributed by atoms with Crippen molar-refractivity contribution in [2.45, 2.75) is 0 Å². The summed E-state index contributed by atoms with van der Waals surface area (Å²) in [5, 5.41) is 9.02. The highest BCUT2D eigenvalue weighted by atomic mass is 14.9. The average Bonchev–Trinajstić information content (AvgIpc) is 3.70. The van der Waals surface area contributed by atoms with Crippen LogP contribution in [0.15, 0.2) is 164 Å². The van der Waals surface area contributed by atoms with Crippen LogP contribution in [0.3, 0.4) is 0 Å². The molecular weight excluding hydrogens is 605 g/mol. The van der Waals surface area contributed by atoms with Crippen LogP contribution >= 0.6 is 0 Å². The van der Waals surface area contributed by atoms with Gasteiger partial charge in [0.05, 0.1) is 5.69 Å². The van der Waals surface area contributed by atoms with E-state index in [1.807, 2.05) is 18.3 Å². The molecule has 0 fully saturated rings. The van der Waals surface area contributed by atoms with E-state index in [1.165, 1.54) is 99.4 Å². The molecule has 1 N–H and O–H groups in total. The second-order valence-corrected chi connectivity index (χ2v) is 13.5. The zero-order valence-corrected chi connectivity index (χ0v) is 27.2. The molecule has 50 heavy (non-hydrogen) atoms. The number of nitrogens with one attached hydrogen (secondary N) is 1. The number of hydrogen-bond acceptors (Lipinski definition) is 2. The summed E-state index contributed by atoms with van der Waals surface area (Å²) < 4.78 is 0. The number of aromatic nitrogens is 1. The van der Waals surface area contributed by atoms with Crippen LogP contribution in [0.1, 0.15) is 11.3 Å². The fourth-order valence-electron chi connectivity index (χ4n) is 8.63. The van der Waals surface area contributed by atoms with Crippen molar-refractivity contribution in [1.82, 2.24) is 10.3 Å². The Bertz CT molecular complexity index is 2590. The van der Waals surface area contributed by atoms with Gasteiger partial charge in [-0.1, -0.05) is 121 Å². The molecule has 0 saturated heterocycles. The quantitative estimate of drug-likeness (QED) is 0.208.